The molecule has 1 atom stereocenters. The number of rotatable bonds is 4. The first-order valence-electron chi connectivity index (χ1n) is 8.64. The second kappa shape index (κ2) is 6.58. The van der Waals surface area contributed by atoms with E-state index in [1.165, 1.54) is 5.69 Å². The average Bonchev–Trinajstić information content (AvgIpc) is 3.31. The standard InChI is InChI=1S/C20H20N4O/c1-2-18-20-17(22-13-23-20)9-10-24(18)12-15-7-8-19(25-15)16-6-4-3-5-14(16)11-21/h3-8,13,18H,2,9-10,12H2,1H3,(H,22,23)/t18-/m1/s1. The van der Waals surface area contributed by atoms with E-state index in [2.05, 4.69) is 27.9 Å². The Morgan fingerprint density at radius 2 is 2.20 bits per heavy atom. The molecule has 2 aromatic heterocycles. The highest BCUT2D eigenvalue weighted by molar-refractivity contribution is 5.66. The van der Waals surface area contributed by atoms with Gasteiger partial charge in [-0.2, -0.15) is 5.26 Å². The quantitative estimate of drug-likeness (QED) is 0.782. The fourth-order valence-electron chi connectivity index (χ4n) is 3.65. The Balaban J connectivity index is 1.57. The third kappa shape index (κ3) is 2.86. The van der Waals surface area contributed by atoms with Crippen molar-refractivity contribution in [2.24, 2.45) is 0 Å². The fourth-order valence-corrected chi connectivity index (χ4v) is 3.65. The predicted molar refractivity (Wildman–Crippen MR) is 94.6 cm³/mol. The van der Waals surface area contributed by atoms with Crippen LogP contribution in [-0.4, -0.2) is 21.4 Å². The molecular weight excluding hydrogens is 312 g/mol. The van der Waals surface area contributed by atoms with Gasteiger partial charge < -0.3 is 9.40 Å². The minimum absolute atomic E-state index is 0.315. The van der Waals surface area contributed by atoms with Gasteiger partial charge in [0.2, 0.25) is 0 Å². The largest absolute Gasteiger partial charge is 0.460 e. The number of benzene rings is 1. The molecule has 0 bridgehead atoms. The molecule has 0 fully saturated rings. The number of imidazole rings is 1. The molecule has 1 aliphatic heterocycles. The molecule has 0 amide bonds. The fraction of sp³-hybridized carbons (Fsp3) is 0.300. The molecule has 0 radical (unpaired) electrons. The molecule has 0 saturated heterocycles. The number of nitrogens with one attached hydrogen (secondary N) is 1. The van der Waals surface area contributed by atoms with E-state index in [4.69, 9.17) is 4.42 Å². The van der Waals surface area contributed by atoms with Gasteiger partial charge in [0.1, 0.15) is 11.5 Å². The maximum Gasteiger partial charge on any atom is 0.135 e. The molecule has 1 N–H and O–H groups in total. The van der Waals surface area contributed by atoms with E-state index in [1.54, 1.807) is 6.33 Å². The van der Waals surface area contributed by atoms with Crippen LogP contribution in [0, 0.1) is 11.3 Å². The highest BCUT2D eigenvalue weighted by atomic mass is 16.3. The number of fused-ring (bicyclic) bond motifs is 1. The number of nitriles is 1. The summed E-state index contributed by atoms with van der Waals surface area (Å²) >= 11 is 0. The maximum absolute atomic E-state index is 9.28. The zero-order valence-corrected chi connectivity index (χ0v) is 14.2. The average molecular weight is 332 g/mol. The molecule has 5 nitrogen and oxygen atoms in total. The summed E-state index contributed by atoms with van der Waals surface area (Å²) in [6.07, 6.45) is 3.79. The van der Waals surface area contributed by atoms with Crippen LogP contribution in [0.3, 0.4) is 0 Å². The van der Waals surface area contributed by atoms with Crippen molar-refractivity contribution in [1.29, 1.82) is 5.26 Å². The van der Waals surface area contributed by atoms with Gasteiger partial charge in [-0.1, -0.05) is 19.1 Å². The molecule has 1 aromatic carbocycles. The number of nitrogens with zero attached hydrogens (tertiary/aromatic N) is 3. The highest BCUT2D eigenvalue weighted by Crippen LogP contribution is 2.32. The topological polar surface area (TPSA) is 68.8 Å². The first-order chi connectivity index (χ1) is 12.3. The minimum Gasteiger partial charge on any atom is -0.460 e. The molecule has 25 heavy (non-hydrogen) atoms. The van der Waals surface area contributed by atoms with E-state index in [1.807, 2.05) is 36.4 Å². The Hall–Kier alpha value is -2.84. The van der Waals surface area contributed by atoms with Crippen molar-refractivity contribution in [2.75, 3.05) is 6.54 Å². The summed E-state index contributed by atoms with van der Waals surface area (Å²) in [5.41, 5.74) is 3.90. The van der Waals surface area contributed by atoms with E-state index in [0.29, 0.717) is 11.6 Å². The van der Waals surface area contributed by atoms with E-state index < -0.39 is 0 Å². The van der Waals surface area contributed by atoms with Crippen molar-refractivity contribution in [3.05, 3.63) is 65.4 Å². The number of aromatic amines is 1. The number of H-pyrrole nitrogens is 1. The van der Waals surface area contributed by atoms with Crippen molar-refractivity contribution in [3.8, 4) is 17.4 Å². The Morgan fingerprint density at radius 3 is 3.04 bits per heavy atom. The van der Waals surface area contributed by atoms with Crippen molar-refractivity contribution in [3.63, 3.8) is 0 Å². The number of hydrogen-bond acceptors (Lipinski definition) is 4. The molecule has 5 heteroatoms. The van der Waals surface area contributed by atoms with E-state index in [-0.39, 0.29) is 0 Å². The SMILES string of the molecule is CC[C@@H]1c2nc[nH]c2CCN1Cc1ccc(-c2ccccc2C#N)o1. The molecule has 4 rings (SSSR count). The van der Waals surface area contributed by atoms with Gasteiger partial charge >= 0.3 is 0 Å². The molecule has 0 spiro atoms. The van der Waals surface area contributed by atoms with Gasteiger partial charge in [0.25, 0.3) is 0 Å². The predicted octanol–water partition coefficient (Wildman–Crippen LogP) is 4.05. The zero-order valence-electron chi connectivity index (χ0n) is 14.2. The third-order valence-electron chi connectivity index (χ3n) is 4.88. The van der Waals surface area contributed by atoms with Crippen LogP contribution < -0.4 is 0 Å². The number of hydrogen-bond donors (Lipinski definition) is 1. The lowest BCUT2D eigenvalue weighted by Crippen LogP contribution is -2.34. The summed E-state index contributed by atoms with van der Waals surface area (Å²) in [6, 6.07) is 14.0. The van der Waals surface area contributed by atoms with Crippen LogP contribution in [0.4, 0.5) is 0 Å². The zero-order chi connectivity index (χ0) is 17.2. The Morgan fingerprint density at radius 1 is 1.32 bits per heavy atom. The summed E-state index contributed by atoms with van der Waals surface area (Å²) in [5, 5.41) is 9.28. The van der Waals surface area contributed by atoms with Gasteiger partial charge in [0, 0.05) is 24.2 Å². The first-order valence-corrected chi connectivity index (χ1v) is 8.64. The maximum atomic E-state index is 9.28. The molecular formula is C20H20N4O. The summed E-state index contributed by atoms with van der Waals surface area (Å²) in [4.78, 5) is 10.2. The molecule has 0 aliphatic carbocycles. The molecule has 3 heterocycles. The van der Waals surface area contributed by atoms with Gasteiger partial charge in [-0.05, 0) is 30.7 Å². The molecule has 0 unspecified atom stereocenters. The number of furan rings is 1. The van der Waals surface area contributed by atoms with Crippen LogP contribution >= 0.6 is 0 Å². The van der Waals surface area contributed by atoms with E-state index >= 15 is 0 Å². The molecule has 126 valence electrons. The van der Waals surface area contributed by atoms with Crippen molar-refractivity contribution < 1.29 is 4.42 Å². The molecule has 0 saturated carbocycles. The summed E-state index contributed by atoms with van der Waals surface area (Å²) < 4.78 is 6.06. The second-order valence-electron chi connectivity index (χ2n) is 6.33. The van der Waals surface area contributed by atoms with Crippen molar-refractivity contribution >= 4 is 0 Å². The Kier molecular flexibility index (Phi) is 4.12. The highest BCUT2D eigenvalue weighted by Gasteiger charge is 2.28. The van der Waals surface area contributed by atoms with Gasteiger partial charge in [0.05, 0.1) is 36.2 Å². The van der Waals surface area contributed by atoms with Crippen LogP contribution in [0.2, 0.25) is 0 Å². The first kappa shape index (κ1) is 15.7. The number of aromatic nitrogens is 2. The van der Waals surface area contributed by atoms with Gasteiger partial charge in [-0.25, -0.2) is 4.98 Å². The Labute approximate surface area is 146 Å². The summed E-state index contributed by atoms with van der Waals surface area (Å²) in [7, 11) is 0. The monoisotopic (exact) mass is 332 g/mol. The summed E-state index contributed by atoms with van der Waals surface area (Å²) in [6.45, 7) is 3.93. The third-order valence-corrected chi connectivity index (χ3v) is 4.88. The van der Waals surface area contributed by atoms with E-state index in [9.17, 15) is 5.26 Å². The minimum atomic E-state index is 0.315. The second-order valence-corrected chi connectivity index (χ2v) is 6.33. The van der Waals surface area contributed by atoms with Crippen LogP contribution in [0.1, 0.15) is 42.1 Å². The van der Waals surface area contributed by atoms with Crippen molar-refractivity contribution in [1.82, 2.24) is 14.9 Å². The van der Waals surface area contributed by atoms with Crippen molar-refractivity contribution in [2.45, 2.75) is 32.4 Å². The lowest BCUT2D eigenvalue weighted by atomic mass is 10.0. The smallest absolute Gasteiger partial charge is 0.135 e. The lowest BCUT2D eigenvalue weighted by molar-refractivity contribution is 0.155. The van der Waals surface area contributed by atoms with Crippen LogP contribution in [-0.2, 0) is 13.0 Å². The molecule has 3 aromatic rings. The van der Waals surface area contributed by atoms with Gasteiger partial charge in [-0.15, -0.1) is 0 Å². The van der Waals surface area contributed by atoms with Crippen LogP contribution in [0.5, 0.6) is 0 Å². The van der Waals surface area contributed by atoms with E-state index in [0.717, 1.165) is 48.7 Å². The summed E-state index contributed by atoms with van der Waals surface area (Å²) in [5.74, 6) is 1.66. The van der Waals surface area contributed by atoms with Gasteiger partial charge in [0.15, 0.2) is 0 Å². The molecule has 1 aliphatic rings. The van der Waals surface area contributed by atoms with Crippen LogP contribution in [0.15, 0.2) is 47.1 Å². The van der Waals surface area contributed by atoms with Crippen LogP contribution in [0.25, 0.3) is 11.3 Å². The normalized spacial score (nSPS) is 17.2. The lowest BCUT2D eigenvalue weighted by Gasteiger charge is -2.33. The van der Waals surface area contributed by atoms with Gasteiger partial charge in [-0.3, -0.25) is 4.90 Å². The Bertz CT molecular complexity index is 918.